The van der Waals surface area contributed by atoms with Gasteiger partial charge in [-0.3, -0.25) is 9.48 Å². The fourth-order valence-electron chi connectivity index (χ4n) is 2.76. The summed E-state index contributed by atoms with van der Waals surface area (Å²) in [5, 5.41) is 3.57. The van der Waals surface area contributed by atoms with Crippen LogP contribution in [-0.2, 0) is 22.3 Å². The minimum atomic E-state index is -4.61. The van der Waals surface area contributed by atoms with Gasteiger partial charge in [0, 0.05) is 4.91 Å². The van der Waals surface area contributed by atoms with Crippen LogP contribution in [0.5, 0.6) is 0 Å². The number of carbonyl (C=O) groups excluding carboxylic acids is 1. The van der Waals surface area contributed by atoms with E-state index < -0.39 is 24.4 Å². The molecule has 0 saturated carbocycles. The maximum absolute atomic E-state index is 13.2. The van der Waals surface area contributed by atoms with E-state index in [4.69, 9.17) is 4.74 Å². The number of carbonyl (C=O) groups is 1. The van der Waals surface area contributed by atoms with Gasteiger partial charge >= 0.3 is 12.1 Å². The number of allylic oxidation sites excluding steroid dienone is 4. The summed E-state index contributed by atoms with van der Waals surface area (Å²) < 4.78 is 45.4. The van der Waals surface area contributed by atoms with E-state index in [0.717, 1.165) is 26.8 Å². The molecule has 0 atom stereocenters. The molecule has 0 radical (unpaired) electrons. The van der Waals surface area contributed by atoms with Crippen LogP contribution >= 0.6 is 11.8 Å². The molecule has 0 bridgehead atoms. The number of aromatic nitrogens is 2. The lowest BCUT2D eigenvalue weighted by Gasteiger charge is -2.09. The minimum Gasteiger partial charge on any atom is -0.465 e. The fraction of sp³-hybridized carbons (Fsp3) is 0.273. The predicted molar refractivity (Wildman–Crippen MR) is 115 cm³/mol. The molecule has 4 nitrogen and oxygen atoms in total. The van der Waals surface area contributed by atoms with Crippen molar-refractivity contribution in [3.8, 4) is 11.3 Å². The van der Waals surface area contributed by atoms with E-state index in [0.29, 0.717) is 5.56 Å². The first-order valence-corrected chi connectivity index (χ1v) is 10.4. The maximum atomic E-state index is 13.2. The number of nitrogens with zero attached hydrogens (tertiary/aromatic N) is 2. The smallest absolute Gasteiger partial charge is 0.435 e. The second kappa shape index (κ2) is 10.3. The summed E-state index contributed by atoms with van der Waals surface area (Å²) in [6.07, 6.45) is 3.03. The van der Waals surface area contributed by atoms with Gasteiger partial charge in [0.2, 0.25) is 0 Å². The molecule has 0 fully saturated rings. The van der Waals surface area contributed by atoms with Crippen molar-refractivity contribution in [3.63, 3.8) is 0 Å². The van der Waals surface area contributed by atoms with Crippen molar-refractivity contribution in [1.29, 1.82) is 0 Å². The molecule has 1 aromatic heterocycles. The number of rotatable bonds is 8. The molecule has 0 unspecified atom stereocenters. The average molecular weight is 436 g/mol. The van der Waals surface area contributed by atoms with Gasteiger partial charge in [0.15, 0.2) is 5.69 Å². The molecular weight excluding hydrogens is 413 g/mol. The van der Waals surface area contributed by atoms with Crippen LogP contribution in [0.15, 0.2) is 60.0 Å². The molecule has 0 aliphatic heterocycles. The number of ether oxygens (including phenoxy) is 1. The van der Waals surface area contributed by atoms with Crippen molar-refractivity contribution in [2.45, 2.75) is 26.6 Å². The van der Waals surface area contributed by atoms with E-state index in [9.17, 15) is 18.0 Å². The number of thioether (sulfide) groups is 1. The van der Waals surface area contributed by atoms with Gasteiger partial charge in [-0.1, -0.05) is 43.0 Å². The largest absolute Gasteiger partial charge is 0.465 e. The van der Waals surface area contributed by atoms with Crippen molar-refractivity contribution in [3.05, 3.63) is 71.3 Å². The zero-order valence-electron chi connectivity index (χ0n) is 17.0. The molecule has 2 aromatic rings. The molecule has 160 valence electrons. The van der Waals surface area contributed by atoms with Gasteiger partial charge < -0.3 is 4.74 Å². The van der Waals surface area contributed by atoms with Gasteiger partial charge in [0.25, 0.3) is 0 Å². The Morgan fingerprint density at radius 2 is 1.97 bits per heavy atom. The first-order valence-electron chi connectivity index (χ1n) is 9.19. The first-order chi connectivity index (χ1) is 14.2. The maximum Gasteiger partial charge on any atom is 0.435 e. The minimum absolute atomic E-state index is 0.138. The highest BCUT2D eigenvalue weighted by Gasteiger charge is 2.35. The lowest BCUT2D eigenvalue weighted by atomic mass is 10.0. The Labute approximate surface area is 178 Å². The second-order valence-electron chi connectivity index (χ2n) is 6.15. The fourth-order valence-corrected chi connectivity index (χ4v) is 3.17. The molecule has 0 aliphatic carbocycles. The molecule has 1 aromatic carbocycles. The summed E-state index contributed by atoms with van der Waals surface area (Å²) in [6.45, 7) is 7.05. The van der Waals surface area contributed by atoms with E-state index in [-0.39, 0.29) is 12.3 Å². The summed E-state index contributed by atoms with van der Waals surface area (Å²) in [7, 11) is 0. The third kappa shape index (κ3) is 5.89. The van der Waals surface area contributed by atoms with E-state index in [1.54, 1.807) is 36.9 Å². The molecule has 30 heavy (non-hydrogen) atoms. The highest BCUT2D eigenvalue weighted by atomic mass is 32.2. The summed E-state index contributed by atoms with van der Waals surface area (Å²) in [6, 6.07) is 7.99. The quantitative estimate of drug-likeness (QED) is 0.378. The van der Waals surface area contributed by atoms with Crippen LogP contribution < -0.4 is 0 Å². The van der Waals surface area contributed by atoms with Crippen LogP contribution in [0.2, 0.25) is 0 Å². The third-order valence-corrected chi connectivity index (χ3v) is 4.97. The highest BCUT2D eigenvalue weighted by molar-refractivity contribution is 8.02. The Morgan fingerprint density at radius 1 is 1.30 bits per heavy atom. The predicted octanol–water partition coefficient (Wildman–Crippen LogP) is 5.97. The van der Waals surface area contributed by atoms with Crippen molar-refractivity contribution in [2.75, 3.05) is 12.9 Å². The summed E-state index contributed by atoms with van der Waals surface area (Å²) in [5.74, 6) is -0.650. The van der Waals surface area contributed by atoms with Gasteiger partial charge in [-0.2, -0.15) is 18.3 Å². The van der Waals surface area contributed by atoms with Gasteiger partial charge in [-0.25, -0.2) is 0 Å². The second-order valence-corrected chi connectivity index (χ2v) is 7.03. The van der Waals surface area contributed by atoms with Crippen molar-refractivity contribution < 1.29 is 22.7 Å². The van der Waals surface area contributed by atoms with Crippen molar-refractivity contribution in [2.24, 2.45) is 0 Å². The summed E-state index contributed by atoms with van der Waals surface area (Å²) in [4.78, 5) is 12.8. The van der Waals surface area contributed by atoms with Gasteiger partial charge in [0.1, 0.15) is 6.54 Å². The van der Waals surface area contributed by atoms with Crippen LogP contribution in [0.4, 0.5) is 13.2 Å². The van der Waals surface area contributed by atoms with Crippen LogP contribution in [-0.4, -0.2) is 28.6 Å². The summed E-state index contributed by atoms with van der Waals surface area (Å²) >= 11 is 1.57. The first kappa shape index (κ1) is 23.5. The zero-order valence-corrected chi connectivity index (χ0v) is 17.8. The number of alkyl halides is 3. The third-order valence-electron chi connectivity index (χ3n) is 4.21. The molecule has 0 saturated heterocycles. The number of halogens is 3. The van der Waals surface area contributed by atoms with Crippen molar-refractivity contribution >= 4 is 23.3 Å². The van der Waals surface area contributed by atoms with Gasteiger partial charge in [-0.05, 0) is 48.9 Å². The van der Waals surface area contributed by atoms with Gasteiger partial charge in [0.05, 0.1) is 12.3 Å². The zero-order chi connectivity index (χ0) is 22.3. The standard InChI is InChI=1S/C22H23F3N2O2S/c1-5-15(12-18(6-2)30-4)16-8-10-17(11-9-16)19-13-20(22(23,24)25)26-27(19)14-21(28)29-7-3/h5-6,8-13H,2,7,14H2,1,3-4H3/b15-5+,18-12+. The highest BCUT2D eigenvalue weighted by Crippen LogP contribution is 2.32. The topological polar surface area (TPSA) is 44.1 Å². The Balaban J connectivity index is 2.43. The van der Waals surface area contributed by atoms with Gasteiger partial charge in [-0.15, -0.1) is 11.8 Å². The molecule has 1 heterocycles. The van der Waals surface area contributed by atoms with Crippen LogP contribution in [0.1, 0.15) is 25.1 Å². The van der Waals surface area contributed by atoms with E-state index >= 15 is 0 Å². The molecule has 0 N–H and O–H groups in total. The molecule has 0 spiro atoms. The van der Waals surface area contributed by atoms with Crippen LogP contribution in [0.3, 0.4) is 0 Å². The van der Waals surface area contributed by atoms with E-state index in [1.165, 1.54) is 0 Å². The van der Waals surface area contributed by atoms with Crippen LogP contribution in [0.25, 0.3) is 16.8 Å². The van der Waals surface area contributed by atoms with Crippen molar-refractivity contribution in [1.82, 2.24) is 9.78 Å². The number of esters is 1. The van der Waals surface area contributed by atoms with E-state index in [2.05, 4.69) is 11.7 Å². The SMILES string of the molecule is C=C/C(=C\C(=C/C)c1ccc(-c2cc(C(F)(F)F)nn2CC(=O)OCC)cc1)SC. The molecule has 0 aliphatic rings. The Hall–Kier alpha value is -2.74. The Bertz CT molecular complexity index is 958. The lowest BCUT2D eigenvalue weighted by Crippen LogP contribution is -2.16. The lowest BCUT2D eigenvalue weighted by molar-refractivity contribution is -0.146. The Kier molecular flexibility index (Phi) is 8.11. The van der Waals surface area contributed by atoms with Crippen LogP contribution in [0, 0.1) is 0 Å². The average Bonchev–Trinajstić information content (AvgIpc) is 3.13. The monoisotopic (exact) mass is 436 g/mol. The normalized spacial score (nSPS) is 12.7. The molecular formula is C22H23F3N2O2S. The Morgan fingerprint density at radius 3 is 2.47 bits per heavy atom. The molecule has 8 heteroatoms. The number of benzene rings is 1. The molecule has 2 rings (SSSR count). The summed E-state index contributed by atoms with van der Waals surface area (Å²) in [5.41, 5.74) is 1.51. The molecule has 0 amide bonds. The number of hydrogen-bond acceptors (Lipinski definition) is 4. The number of hydrogen-bond donors (Lipinski definition) is 0. The van der Waals surface area contributed by atoms with E-state index in [1.807, 2.05) is 37.5 Å².